The number of ether oxygens (including phenoxy) is 5. The Morgan fingerprint density at radius 1 is 1.04 bits per heavy atom. The van der Waals surface area contributed by atoms with Crippen LogP contribution in [0.15, 0.2) is 29.5 Å². The molecule has 3 saturated heterocycles. The number of methoxy groups -OCH3 is 1. The number of cyclic esters (lactones) is 1. The first-order chi connectivity index (χ1) is 24.9. The summed E-state index contributed by atoms with van der Waals surface area (Å²) in [6.45, 7) is 15.4. The van der Waals surface area contributed by atoms with Crippen molar-refractivity contribution in [1.29, 1.82) is 0 Å². The van der Waals surface area contributed by atoms with Crippen LogP contribution in [0.4, 0.5) is 4.79 Å². The van der Waals surface area contributed by atoms with Crippen LogP contribution in [-0.4, -0.2) is 137 Å². The maximum absolute atomic E-state index is 14.3. The number of aryl methyl sites for hydroxylation is 1. The van der Waals surface area contributed by atoms with Gasteiger partial charge < -0.3 is 33.7 Å². The summed E-state index contributed by atoms with van der Waals surface area (Å²) in [5.41, 5.74) is -0.384. The number of rotatable bonds is 8. The van der Waals surface area contributed by atoms with E-state index in [-0.39, 0.29) is 30.7 Å². The number of ketones is 1. The third kappa shape index (κ3) is 8.18. The molecule has 1 unspecified atom stereocenters. The average Bonchev–Trinajstić information content (AvgIpc) is 3.29. The Kier molecular flexibility index (Phi) is 12.7. The van der Waals surface area contributed by atoms with E-state index in [4.69, 9.17) is 28.7 Å². The van der Waals surface area contributed by atoms with Crippen molar-refractivity contribution in [2.45, 2.75) is 135 Å². The Bertz CT molecular complexity index is 1500. The van der Waals surface area contributed by atoms with Crippen LogP contribution in [0.3, 0.4) is 0 Å². The number of pyridine rings is 1. The van der Waals surface area contributed by atoms with E-state index in [1.165, 1.54) is 6.92 Å². The van der Waals surface area contributed by atoms with Gasteiger partial charge in [-0.3, -0.25) is 19.6 Å². The van der Waals surface area contributed by atoms with Crippen molar-refractivity contribution in [2.75, 3.05) is 34.4 Å². The second-order valence-electron chi connectivity index (χ2n) is 16.3. The van der Waals surface area contributed by atoms with Crippen LogP contribution in [0.25, 0.3) is 0 Å². The van der Waals surface area contributed by atoms with Crippen molar-refractivity contribution in [3.63, 3.8) is 0 Å². The highest BCUT2D eigenvalue weighted by atomic mass is 16.7. The summed E-state index contributed by atoms with van der Waals surface area (Å²) in [6.07, 6.45) is 1.41. The number of hydrazine groups is 1. The minimum atomic E-state index is -1.26. The second-order valence-corrected chi connectivity index (χ2v) is 16.3. The highest BCUT2D eigenvalue weighted by Crippen LogP contribution is 2.44. The predicted molar refractivity (Wildman–Crippen MR) is 197 cm³/mol. The third-order valence-electron chi connectivity index (χ3n) is 12.3. The van der Waals surface area contributed by atoms with Gasteiger partial charge in [-0.15, -0.1) is 0 Å². The van der Waals surface area contributed by atoms with E-state index >= 15 is 0 Å². The highest BCUT2D eigenvalue weighted by Gasteiger charge is 2.61. The maximum atomic E-state index is 14.3. The lowest BCUT2D eigenvalue weighted by Crippen LogP contribution is -2.60. The fraction of sp³-hybridized carbons (Fsp3) is 0.769. The quantitative estimate of drug-likeness (QED) is 0.304. The van der Waals surface area contributed by atoms with Gasteiger partial charge in [-0.05, 0) is 98.0 Å². The van der Waals surface area contributed by atoms with Gasteiger partial charge in [-0.2, -0.15) is 5.01 Å². The summed E-state index contributed by atoms with van der Waals surface area (Å²) in [7, 11) is 5.38. The number of likely N-dealkylation sites (N-methyl/N-ethyl adjacent to an activating group) is 1. The molecule has 0 aromatic carbocycles. The molecule has 0 radical (unpaired) electrons. The van der Waals surface area contributed by atoms with E-state index in [1.54, 1.807) is 45.3 Å². The van der Waals surface area contributed by atoms with Gasteiger partial charge in [0.1, 0.15) is 30.8 Å². The topological polar surface area (TPSA) is 153 Å². The number of amides is 1. The van der Waals surface area contributed by atoms with Crippen molar-refractivity contribution < 1.29 is 43.2 Å². The number of fused-ring (bicyclic) bond motifs is 1. The van der Waals surface area contributed by atoms with E-state index in [2.05, 4.69) is 11.9 Å². The van der Waals surface area contributed by atoms with Crippen molar-refractivity contribution in [3.8, 4) is 0 Å². The van der Waals surface area contributed by atoms with Crippen LogP contribution < -0.4 is 0 Å². The number of carbonyl (C=O) groups excluding carboxylic acids is 3. The lowest BCUT2D eigenvalue weighted by Gasteiger charge is -2.47. The molecule has 4 aliphatic heterocycles. The molecule has 1 amide bonds. The van der Waals surface area contributed by atoms with Crippen LogP contribution in [0.2, 0.25) is 0 Å². The smallest absolute Gasteiger partial charge is 0.425 e. The number of esters is 1. The van der Waals surface area contributed by atoms with Crippen molar-refractivity contribution >= 4 is 23.6 Å². The van der Waals surface area contributed by atoms with Gasteiger partial charge in [0, 0.05) is 49.6 Å². The van der Waals surface area contributed by atoms with Crippen molar-refractivity contribution in [1.82, 2.24) is 19.9 Å². The van der Waals surface area contributed by atoms with E-state index in [9.17, 15) is 19.5 Å². The van der Waals surface area contributed by atoms with Crippen LogP contribution >= 0.6 is 0 Å². The zero-order valence-corrected chi connectivity index (χ0v) is 33.4. The van der Waals surface area contributed by atoms with Gasteiger partial charge in [0.05, 0.1) is 17.8 Å². The first-order valence-corrected chi connectivity index (χ1v) is 19.1. The van der Waals surface area contributed by atoms with Crippen LogP contribution in [0.1, 0.15) is 80.2 Å². The van der Waals surface area contributed by atoms with E-state index < -0.39 is 71.5 Å². The number of Topliss-reactive ketones (excluding diaryl/α,β-unsaturated/α-hetero) is 1. The van der Waals surface area contributed by atoms with E-state index in [1.807, 2.05) is 56.9 Å². The number of aliphatic hydroxyl groups excluding tert-OH is 1. The average molecular weight is 744 g/mol. The number of carbonyl (C=O) groups is 3. The number of nitrogens with zero attached hydrogens (tertiary/aromatic N) is 5. The standard InChI is InChI=1S/C39H61N5O9/c1-22-20-38(7,49-11)34(52-36-32(46)29(42(9)10)19-23(2)50-36)25(4)31(45)26(5)35(47)51-27(6)39(8)33-24(3)30(22)41-21-43(44(33)37(48)53-39)18-12-13-28-14-16-40-17-15-28/h14-17,22-27,29,32-34,36,46H,12-13,18-21H2,1-11H3/t22-,23-,24-,25+,26?,27+,29+,32-,33-,34-,36+,38+,39-/m1/s1. The lowest BCUT2D eigenvalue weighted by molar-refractivity contribution is -0.295. The molecule has 1 N–H and O–H groups in total. The van der Waals surface area contributed by atoms with Gasteiger partial charge in [-0.25, -0.2) is 9.80 Å². The minimum absolute atomic E-state index is 0.217. The van der Waals surface area contributed by atoms with Gasteiger partial charge in [0.25, 0.3) is 0 Å². The van der Waals surface area contributed by atoms with Crippen molar-refractivity contribution in [3.05, 3.63) is 30.1 Å². The molecule has 5 heterocycles. The molecule has 53 heavy (non-hydrogen) atoms. The molecular weight excluding hydrogens is 682 g/mol. The molecule has 3 fully saturated rings. The SMILES string of the molecule is CO[C@@]1(C)C[C@@H](C)C2=NCN(CCCc3ccncc3)N3C(=O)O[C@](C)([C@H](C)OC(=O)C(C)C(=O)[C@H](C)[C@H]1O[C@@H]1O[C@H](C)C[C@H](N(C)C)[C@H]1O)[C@H]3[C@@H]2C. The molecule has 5 rings (SSSR count). The predicted octanol–water partition coefficient (Wildman–Crippen LogP) is 3.89. The van der Waals surface area contributed by atoms with Crippen LogP contribution in [0, 0.1) is 23.7 Å². The first kappa shape index (κ1) is 41.2. The minimum Gasteiger partial charge on any atom is -0.458 e. The van der Waals surface area contributed by atoms with Crippen LogP contribution in [-0.2, 0) is 39.7 Å². The Morgan fingerprint density at radius 2 is 1.72 bits per heavy atom. The molecule has 0 saturated carbocycles. The molecule has 1 aromatic rings. The molecule has 14 nitrogen and oxygen atoms in total. The number of aromatic nitrogens is 1. The van der Waals surface area contributed by atoms with Gasteiger partial charge >= 0.3 is 12.1 Å². The summed E-state index contributed by atoms with van der Waals surface area (Å²) < 4.78 is 31.4. The van der Waals surface area contributed by atoms with E-state index in [0.717, 1.165) is 24.1 Å². The molecule has 13 atom stereocenters. The summed E-state index contributed by atoms with van der Waals surface area (Å²) in [5, 5.41) is 15.1. The summed E-state index contributed by atoms with van der Waals surface area (Å²) in [4.78, 5) is 53.2. The Labute approximate surface area is 314 Å². The lowest BCUT2D eigenvalue weighted by atomic mass is 9.73. The Balaban J connectivity index is 1.55. The first-order valence-electron chi connectivity index (χ1n) is 19.1. The summed E-state index contributed by atoms with van der Waals surface area (Å²) >= 11 is 0. The normalized spacial score (nSPS) is 40.3. The molecule has 1 aromatic heterocycles. The van der Waals surface area contributed by atoms with Gasteiger partial charge in [-0.1, -0.05) is 20.8 Å². The molecule has 296 valence electrons. The second kappa shape index (κ2) is 16.4. The monoisotopic (exact) mass is 743 g/mol. The maximum Gasteiger partial charge on any atom is 0.425 e. The molecule has 0 spiro atoms. The zero-order valence-electron chi connectivity index (χ0n) is 33.4. The number of hydrogen-bond acceptors (Lipinski definition) is 13. The Morgan fingerprint density at radius 3 is 2.36 bits per heavy atom. The molecular formula is C39H61N5O9. The van der Waals surface area contributed by atoms with Gasteiger partial charge in [0.2, 0.25) is 0 Å². The van der Waals surface area contributed by atoms with E-state index in [0.29, 0.717) is 19.4 Å². The number of aliphatic imine (C=N–C) groups is 1. The van der Waals surface area contributed by atoms with Crippen molar-refractivity contribution in [2.24, 2.45) is 28.7 Å². The summed E-state index contributed by atoms with van der Waals surface area (Å²) in [6, 6.07) is 3.15. The molecule has 2 bridgehead atoms. The number of hydrogen-bond donors (Lipinski definition) is 1. The Hall–Kier alpha value is -3.01. The fourth-order valence-corrected chi connectivity index (χ4v) is 8.98. The third-order valence-corrected chi connectivity index (χ3v) is 12.3. The molecule has 0 aliphatic carbocycles. The zero-order chi connectivity index (χ0) is 39.0. The molecule has 14 heteroatoms. The molecule has 4 aliphatic rings. The largest absolute Gasteiger partial charge is 0.458 e. The number of aliphatic hydroxyl groups is 1. The van der Waals surface area contributed by atoms with Crippen LogP contribution in [0.5, 0.6) is 0 Å². The van der Waals surface area contributed by atoms with Gasteiger partial charge in [0.15, 0.2) is 17.7 Å². The summed E-state index contributed by atoms with van der Waals surface area (Å²) in [5.74, 6) is -3.71. The fourth-order valence-electron chi connectivity index (χ4n) is 8.98. The highest BCUT2D eigenvalue weighted by molar-refractivity contribution is 6.00.